The molecule has 3 rings (SSSR count). The van der Waals surface area contributed by atoms with E-state index in [-0.39, 0.29) is 36.0 Å². The zero-order valence-electron chi connectivity index (χ0n) is 16.6. The van der Waals surface area contributed by atoms with Gasteiger partial charge in [0.1, 0.15) is 0 Å². The summed E-state index contributed by atoms with van der Waals surface area (Å²) in [6, 6.07) is 8.70. The molecule has 0 radical (unpaired) electrons. The van der Waals surface area contributed by atoms with E-state index in [1.165, 1.54) is 13.1 Å². The van der Waals surface area contributed by atoms with Crippen LogP contribution in [-0.4, -0.2) is 69.1 Å². The molecule has 0 N–H and O–H groups in total. The summed E-state index contributed by atoms with van der Waals surface area (Å²) < 4.78 is 50.0. The molecular weight excluding hydrogens is 412 g/mol. The van der Waals surface area contributed by atoms with Gasteiger partial charge in [0.05, 0.1) is 18.1 Å². The number of nitrogens with zero attached hydrogens (tertiary/aromatic N) is 2. The van der Waals surface area contributed by atoms with E-state index < -0.39 is 19.9 Å². The molecule has 1 aliphatic carbocycles. The van der Waals surface area contributed by atoms with E-state index in [9.17, 15) is 21.6 Å². The van der Waals surface area contributed by atoms with Crippen molar-refractivity contribution >= 4 is 31.8 Å². The topological polar surface area (TPSA) is 91.8 Å². The van der Waals surface area contributed by atoms with Crippen LogP contribution in [0, 0.1) is 0 Å². The Hall–Kier alpha value is -1.71. The second kappa shape index (κ2) is 8.97. The second-order valence-corrected chi connectivity index (χ2v) is 12.0. The lowest BCUT2D eigenvalue weighted by Gasteiger charge is -2.35. The van der Waals surface area contributed by atoms with Gasteiger partial charge in [-0.1, -0.05) is 43.2 Å². The number of benzene rings is 1. The van der Waals surface area contributed by atoms with Gasteiger partial charge in [0.15, 0.2) is 9.84 Å². The number of sulfone groups is 1. The van der Waals surface area contributed by atoms with Crippen molar-refractivity contribution in [2.45, 2.75) is 44.2 Å². The van der Waals surface area contributed by atoms with E-state index >= 15 is 0 Å². The van der Waals surface area contributed by atoms with Crippen LogP contribution in [0.3, 0.4) is 0 Å². The lowest BCUT2D eigenvalue weighted by molar-refractivity contribution is -0.135. The molecule has 1 amide bonds. The van der Waals surface area contributed by atoms with E-state index in [1.54, 1.807) is 17.0 Å². The van der Waals surface area contributed by atoms with Crippen LogP contribution >= 0.6 is 0 Å². The number of sulfonamides is 1. The molecule has 29 heavy (non-hydrogen) atoms. The number of carbonyl (C=O) groups is 1. The second-order valence-electron chi connectivity index (χ2n) is 7.81. The predicted octanol–water partition coefficient (Wildman–Crippen LogP) is 1.88. The maximum atomic E-state index is 13.1. The summed E-state index contributed by atoms with van der Waals surface area (Å²) in [6.07, 6.45) is 5.60. The molecule has 2 fully saturated rings. The molecule has 0 bridgehead atoms. The van der Waals surface area contributed by atoms with Crippen LogP contribution in [0.4, 0.5) is 0 Å². The molecule has 1 aromatic rings. The summed E-state index contributed by atoms with van der Waals surface area (Å²) in [4.78, 5) is 14.7. The molecule has 1 saturated carbocycles. The summed E-state index contributed by atoms with van der Waals surface area (Å²) in [5.41, 5.74) is 0.750. The molecule has 2 aliphatic rings. The van der Waals surface area contributed by atoms with Gasteiger partial charge < -0.3 is 4.90 Å². The van der Waals surface area contributed by atoms with E-state index in [2.05, 4.69) is 0 Å². The Morgan fingerprint density at radius 2 is 1.76 bits per heavy atom. The van der Waals surface area contributed by atoms with Crippen molar-refractivity contribution in [3.63, 3.8) is 0 Å². The van der Waals surface area contributed by atoms with Crippen molar-refractivity contribution in [3.8, 4) is 0 Å². The van der Waals surface area contributed by atoms with Crippen LogP contribution in [-0.2, 0) is 24.7 Å². The number of rotatable bonds is 7. The molecule has 0 aromatic heterocycles. The molecule has 1 saturated heterocycles. The van der Waals surface area contributed by atoms with Crippen LogP contribution in [0.2, 0.25) is 0 Å². The molecule has 1 unspecified atom stereocenters. The smallest absolute Gasteiger partial charge is 0.238 e. The Morgan fingerprint density at radius 1 is 1.10 bits per heavy atom. The van der Waals surface area contributed by atoms with Crippen LogP contribution < -0.4 is 0 Å². The van der Waals surface area contributed by atoms with Crippen LogP contribution in [0.1, 0.15) is 37.7 Å². The first-order valence-corrected chi connectivity index (χ1v) is 13.2. The largest absolute Gasteiger partial charge is 0.335 e. The summed E-state index contributed by atoms with van der Waals surface area (Å²) in [5, 5.41) is 1.09. The van der Waals surface area contributed by atoms with Gasteiger partial charge in [-0.3, -0.25) is 4.79 Å². The number of amides is 1. The van der Waals surface area contributed by atoms with E-state index in [4.69, 9.17) is 0 Å². The maximum Gasteiger partial charge on any atom is 0.238 e. The number of hydrogen-bond donors (Lipinski definition) is 0. The van der Waals surface area contributed by atoms with E-state index in [0.717, 1.165) is 41.0 Å². The van der Waals surface area contributed by atoms with Gasteiger partial charge in [-0.15, -0.1) is 0 Å². The Kier molecular flexibility index (Phi) is 6.80. The third-order valence-electron chi connectivity index (χ3n) is 5.63. The third-order valence-corrected chi connectivity index (χ3v) is 8.86. The predicted molar refractivity (Wildman–Crippen MR) is 113 cm³/mol. The quantitative estimate of drug-likeness (QED) is 0.646. The standard InChI is InChI=1S/C20H28N2O5S2/c1-21(29(26,27)14-11-17-7-3-2-4-8-17)15-20(23)22(18-9-5-6-10-18)19-12-13-28(24,25)16-19/h2-4,7-8,11,14,18-19H,5-6,9-10,12-13,15-16H2,1H3/b14-11+. The normalized spacial score (nSPS) is 22.5. The van der Waals surface area contributed by atoms with E-state index in [1.807, 2.05) is 18.2 Å². The van der Waals surface area contributed by atoms with Gasteiger partial charge in [-0.05, 0) is 30.9 Å². The highest BCUT2D eigenvalue weighted by Gasteiger charge is 2.39. The van der Waals surface area contributed by atoms with Gasteiger partial charge in [0.25, 0.3) is 0 Å². The van der Waals surface area contributed by atoms with Crippen LogP contribution in [0.15, 0.2) is 35.7 Å². The fraction of sp³-hybridized carbons (Fsp3) is 0.550. The highest BCUT2D eigenvalue weighted by molar-refractivity contribution is 7.92. The number of hydrogen-bond acceptors (Lipinski definition) is 5. The van der Waals surface area contributed by atoms with Crippen molar-refractivity contribution in [2.24, 2.45) is 0 Å². The average Bonchev–Trinajstić information content (AvgIpc) is 3.31. The minimum Gasteiger partial charge on any atom is -0.335 e. The first-order chi connectivity index (χ1) is 13.7. The fourth-order valence-electron chi connectivity index (χ4n) is 4.08. The van der Waals surface area contributed by atoms with Crippen molar-refractivity contribution in [3.05, 3.63) is 41.3 Å². The highest BCUT2D eigenvalue weighted by atomic mass is 32.2. The Morgan fingerprint density at radius 3 is 2.34 bits per heavy atom. The molecule has 1 atom stereocenters. The summed E-state index contributed by atoms with van der Waals surface area (Å²) >= 11 is 0. The monoisotopic (exact) mass is 440 g/mol. The van der Waals surface area contributed by atoms with Crippen LogP contribution in [0.25, 0.3) is 6.08 Å². The minimum atomic E-state index is -3.77. The third kappa shape index (κ3) is 5.67. The molecule has 0 spiro atoms. The maximum absolute atomic E-state index is 13.1. The number of likely N-dealkylation sites (N-methyl/N-ethyl adjacent to an activating group) is 1. The lowest BCUT2D eigenvalue weighted by atomic mass is 10.1. The lowest BCUT2D eigenvalue weighted by Crippen LogP contribution is -2.50. The average molecular weight is 441 g/mol. The molecule has 1 heterocycles. The van der Waals surface area contributed by atoms with Gasteiger partial charge in [0.2, 0.25) is 15.9 Å². The molecule has 160 valence electrons. The Bertz CT molecular complexity index is 952. The summed E-state index contributed by atoms with van der Waals surface area (Å²) in [6.45, 7) is -0.297. The zero-order chi connectivity index (χ0) is 21.1. The highest BCUT2D eigenvalue weighted by Crippen LogP contribution is 2.29. The fourth-order valence-corrected chi connectivity index (χ4v) is 6.62. The molecule has 1 aromatic carbocycles. The molecular formula is C20H28N2O5S2. The van der Waals surface area contributed by atoms with Crippen molar-refractivity contribution < 1.29 is 21.6 Å². The summed E-state index contributed by atoms with van der Waals surface area (Å²) in [7, 11) is -5.53. The van der Waals surface area contributed by atoms with E-state index in [0.29, 0.717) is 6.42 Å². The number of carbonyl (C=O) groups excluding carboxylic acids is 1. The van der Waals surface area contributed by atoms with Crippen molar-refractivity contribution in [1.29, 1.82) is 0 Å². The Balaban J connectivity index is 1.72. The van der Waals surface area contributed by atoms with Gasteiger partial charge in [-0.2, -0.15) is 4.31 Å². The van der Waals surface area contributed by atoms with Crippen molar-refractivity contribution in [2.75, 3.05) is 25.1 Å². The van der Waals surface area contributed by atoms with Gasteiger partial charge in [0, 0.05) is 24.5 Å². The molecule has 1 aliphatic heterocycles. The first-order valence-electron chi connectivity index (χ1n) is 9.89. The van der Waals surface area contributed by atoms with Crippen molar-refractivity contribution in [1.82, 2.24) is 9.21 Å². The molecule has 9 heteroatoms. The van der Waals surface area contributed by atoms with Gasteiger partial charge >= 0.3 is 0 Å². The summed E-state index contributed by atoms with van der Waals surface area (Å²) in [5.74, 6) is -0.264. The SMILES string of the molecule is CN(CC(=O)N(C1CCCC1)C1CCS(=O)(=O)C1)S(=O)(=O)/C=C/c1ccccc1. The van der Waals surface area contributed by atoms with Crippen LogP contribution in [0.5, 0.6) is 0 Å². The minimum absolute atomic E-state index is 0.00300. The zero-order valence-corrected chi connectivity index (χ0v) is 18.2. The molecule has 7 nitrogen and oxygen atoms in total. The first kappa shape index (κ1) is 22.0. The van der Waals surface area contributed by atoms with Gasteiger partial charge in [-0.25, -0.2) is 16.8 Å². The Labute approximate surface area is 173 Å².